The standard InChI is InChI=1S/C22H25F2N3O2/c1-4-29-22-8-5-16(9-17(22)13-28)11-25-14(2)19-12-26-27(15(19)3)21-7-6-18(23)10-20(21)24/h5-10,12,14,25,28H,4,11,13H2,1-3H3/t14-/m1/s1. The first-order valence-corrected chi connectivity index (χ1v) is 9.53. The smallest absolute Gasteiger partial charge is 0.151 e. The highest BCUT2D eigenvalue weighted by atomic mass is 19.1. The van der Waals surface area contributed by atoms with E-state index in [2.05, 4.69) is 10.4 Å². The molecule has 0 bridgehead atoms. The van der Waals surface area contributed by atoms with Crippen LogP contribution in [0.25, 0.3) is 5.69 Å². The monoisotopic (exact) mass is 401 g/mol. The molecule has 1 aromatic heterocycles. The highest BCUT2D eigenvalue weighted by molar-refractivity contribution is 5.38. The first kappa shape index (κ1) is 21.0. The van der Waals surface area contributed by atoms with Crippen LogP contribution in [0.3, 0.4) is 0 Å². The van der Waals surface area contributed by atoms with Crippen LogP contribution in [0.1, 0.15) is 42.3 Å². The van der Waals surface area contributed by atoms with Gasteiger partial charge in [-0.15, -0.1) is 0 Å². The summed E-state index contributed by atoms with van der Waals surface area (Å²) in [6, 6.07) is 9.12. The highest BCUT2D eigenvalue weighted by Gasteiger charge is 2.16. The van der Waals surface area contributed by atoms with Gasteiger partial charge in [-0.05, 0) is 50.6 Å². The van der Waals surface area contributed by atoms with Gasteiger partial charge < -0.3 is 15.2 Å². The predicted octanol–water partition coefficient (Wildman–Crippen LogP) is 4.20. The van der Waals surface area contributed by atoms with Gasteiger partial charge in [0.2, 0.25) is 0 Å². The van der Waals surface area contributed by atoms with Crippen molar-refractivity contribution >= 4 is 0 Å². The van der Waals surface area contributed by atoms with E-state index in [0.717, 1.165) is 28.5 Å². The molecule has 0 saturated heterocycles. The summed E-state index contributed by atoms with van der Waals surface area (Å²) in [5.74, 6) is -0.594. The summed E-state index contributed by atoms with van der Waals surface area (Å²) in [6.07, 6.45) is 1.69. The molecule has 7 heteroatoms. The largest absolute Gasteiger partial charge is 0.494 e. The van der Waals surface area contributed by atoms with Gasteiger partial charge in [-0.3, -0.25) is 0 Å². The summed E-state index contributed by atoms with van der Waals surface area (Å²) in [6.45, 7) is 6.78. The van der Waals surface area contributed by atoms with Crippen LogP contribution in [0.15, 0.2) is 42.6 Å². The van der Waals surface area contributed by atoms with Gasteiger partial charge in [0.05, 0.1) is 19.4 Å². The minimum absolute atomic E-state index is 0.0450. The summed E-state index contributed by atoms with van der Waals surface area (Å²) in [4.78, 5) is 0. The van der Waals surface area contributed by atoms with Crippen molar-refractivity contribution in [2.24, 2.45) is 0 Å². The summed E-state index contributed by atoms with van der Waals surface area (Å²) < 4.78 is 34.3. The minimum atomic E-state index is -0.658. The van der Waals surface area contributed by atoms with E-state index in [1.165, 1.54) is 16.8 Å². The maximum absolute atomic E-state index is 14.1. The van der Waals surface area contributed by atoms with E-state index >= 15 is 0 Å². The van der Waals surface area contributed by atoms with Crippen molar-refractivity contribution in [3.8, 4) is 11.4 Å². The maximum Gasteiger partial charge on any atom is 0.151 e. The van der Waals surface area contributed by atoms with Crippen LogP contribution in [0.4, 0.5) is 8.78 Å². The second-order valence-corrected chi connectivity index (χ2v) is 6.83. The molecule has 0 aliphatic rings. The van der Waals surface area contributed by atoms with Gasteiger partial charge >= 0.3 is 0 Å². The lowest BCUT2D eigenvalue weighted by Crippen LogP contribution is -2.19. The first-order chi connectivity index (χ1) is 13.9. The molecule has 2 aromatic carbocycles. The Labute approximate surface area is 168 Å². The lowest BCUT2D eigenvalue weighted by atomic mass is 10.1. The number of aliphatic hydroxyl groups excluding tert-OH is 1. The molecule has 1 heterocycles. The fourth-order valence-corrected chi connectivity index (χ4v) is 3.29. The molecule has 3 aromatic rings. The number of hydrogen-bond donors (Lipinski definition) is 2. The Bertz CT molecular complexity index is 988. The van der Waals surface area contributed by atoms with Gasteiger partial charge in [0.25, 0.3) is 0 Å². The topological polar surface area (TPSA) is 59.3 Å². The second-order valence-electron chi connectivity index (χ2n) is 6.83. The summed E-state index contributed by atoms with van der Waals surface area (Å²) in [5.41, 5.74) is 3.66. The van der Waals surface area contributed by atoms with Gasteiger partial charge in [0, 0.05) is 35.5 Å². The van der Waals surface area contributed by atoms with Gasteiger partial charge in [-0.1, -0.05) is 6.07 Å². The van der Waals surface area contributed by atoms with Gasteiger partial charge in [0.15, 0.2) is 5.82 Å². The first-order valence-electron chi connectivity index (χ1n) is 9.53. The molecule has 0 aliphatic heterocycles. The third kappa shape index (κ3) is 4.63. The Kier molecular flexibility index (Phi) is 6.61. The minimum Gasteiger partial charge on any atom is -0.494 e. The number of nitrogens with zero attached hydrogens (tertiary/aromatic N) is 2. The average Bonchev–Trinajstić information content (AvgIpc) is 3.08. The van der Waals surface area contributed by atoms with Crippen LogP contribution < -0.4 is 10.1 Å². The fraction of sp³-hybridized carbons (Fsp3) is 0.318. The Hall–Kier alpha value is -2.77. The Morgan fingerprint density at radius 3 is 2.69 bits per heavy atom. The number of ether oxygens (including phenoxy) is 1. The molecular formula is C22H25F2N3O2. The lowest BCUT2D eigenvalue weighted by molar-refractivity contribution is 0.267. The molecule has 3 rings (SSSR count). The van der Waals surface area contributed by atoms with Gasteiger partial charge in [0.1, 0.15) is 17.3 Å². The van der Waals surface area contributed by atoms with Crippen LogP contribution in [0, 0.1) is 18.6 Å². The molecule has 154 valence electrons. The van der Waals surface area contributed by atoms with E-state index in [1.54, 1.807) is 6.20 Å². The lowest BCUT2D eigenvalue weighted by Gasteiger charge is -2.16. The predicted molar refractivity (Wildman–Crippen MR) is 107 cm³/mol. The summed E-state index contributed by atoms with van der Waals surface area (Å²) >= 11 is 0. The summed E-state index contributed by atoms with van der Waals surface area (Å²) in [7, 11) is 0. The van der Waals surface area contributed by atoms with E-state index in [9.17, 15) is 13.9 Å². The number of rotatable bonds is 8. The zero-order valence-electron chi connectivity index (χ0n) is 16.7. The maximum atomic E-state index is 14.1. The van der Waals surface area contributed by atoms with E-state index in [1.807, 2.05) is 39.0 Å². The SMILES string of the molecule is CCOc1ccc(CN[C@H](C)c2cnn(-c3ccc(F)cc3F)c2C)cc1CO. The molecule has 2 N–H and O–H groups in total. The van der Waals surface area contributed by atoms with E-state index in [4.69, 9.17) is 4.74 Å². The molecule has 0 radical (unpaired) electrons. The molecular weight excluding hydrogens is 376 g/mol. The zero-order chi connectivity index (χ0) is 21.0. The van der Waals surface area contributed by atoms with Crippen molar-refractivity contribution in [3.05, 3.63) is 76.6 Å². The van der Waals surface area contributed by atoms with Crippen molar-refractivity contribution in [3.63, 3.8) is 0 Å². The molecule has 0 unspecified atom stereocenters. The quantitative estimate of drug-likeness (QED) is 0.594. The number of aliphatic hydroxyl groups is 1. The molecule has 5 nitrogen and oxygen atoms in total. The van der Waals surface area contributed by atoms with Crippen molar-refractivity contribution in [1.29, 1.82) is 0 Å². The molecule has 1 atom stereocenters. The summed E-state index contributed by atoms with van der Waals surface area (Å²) in [5, 5.41) is 17.2. The third-order valence-corrected chi connectivity index (χ3v) is 4.86. The van der Waals surface area contributed by atoms with Gasteiger partial charge in [-0.2, -0.15) is 5.10 Å². The Morgan fingerprint density at radius 2 is 2.00 bits per heavy atom. The average molecular weight is 401 g/mol. The van der Waals surface area contributed by atoms with Crippen LogP contribution in [-0.4, -0.2) is 21.5 Å². The number of benzene rings is 2. The van der Waals surface area contributed by atoms with E-state index < -0.39 is 11.6 Å². The Morgan fingerprint density at radius 1 is 1.21 bits per heavy atom. The molecule has 29 heavy (non-hydrogen) atoms. The van der Waals surface area contributed by atoms with E-state index in [-0.39, 0.29) is 18.3 Å². The van der Waals surface area contributed by atoms with Crippen LogP contribution in [0.2, 0.25) is 0 Å². The third-order valence-electron chi connectivity index (χ3n) is 4.86. The molecule has 0 saturated carbocycles. The van der Waals surface area contributed by atoms with Crippen molar-refractivity contribution in [2.45, 2.75) is 40.0 Å². The van der Waals surface area contributed by atoms with Crippen LogP contribution in [0.5, 0.6) is 5.75 Å². The fourth-order valence-electron chi connectivity index (χ4n) is 3.29. The van der Waals surface area contributed by atoms with Crippen LogP contribution in [-0.2, 0) is 13.2 Å². The van der Waals surface area contributed by atoms with Crippen molar-refractivity contribution in [1.82, 2.24) is 15.1 Å². The highest BCUT2D eigenvalue weighted by Crippen LogP contribution is 2.24. The normalized spacial score (nSPS) is 12.2. The molecule has 0 aliphatic carbocycles. The van der Waals surface area contributed by atoms with Gasteiger partial charge in [-0.25, -0.2) is 13.5 Å². The number of hydrogen-bond acceptors (Lipinski definition) is 4. The molecule has 0 fully saturated rings. The van der Waals surface area contributed by atoms with Crippen LogP contribution >= 0.6 is 0 Å². The molecule has 0 spiro atoms. The van der Waals surface area contributed by atoms with E-state index in [0.29, 0.717) is 18.9 Å². The number of nitrogens with one attached hydrogen (secondary N) is 1. The second kappa shape index (κ2) is 9.15. The van der Waals surface area contributed by atoms with Crippen molar-refractivity contribution < 1.29 is 18.6 Å². The molecule has 0 amide bonds. The zero-order valence-corrected chi connectivity index (χ0v) is 16.7. The Balaban J connectivity index is 1.73. The number of aromatic nitrogens is 2. The number of halogens is 2. The van der Waals surface area contributed by atoms with Crippen molar-refractivity contribution in [2.75, 3.05) is 6.61 Å².